The van der Waals surface area contributed by atoms with E-state index in [1.54, 1.807) is 0 Å². The van der Waals surface area contributed by atoms with Gasteiger partial charge in [0.15, 0.2) is 0 Å². The molecule has 0 nitrogen and oxygen atoms in total. The first kappa shape index (κ1) is 36.6. The number of hydrogen-bond acceptors (Lipinski definition) is 2. The summed E-state index contributed by atoms with van der Waals surface area (Å²) in [6.07, 6.45) is 20.6. The predicted octanol–water partition coefficient (Wildman–Crippen LogP) is 16.5. The Morgan fingerprint density at radius 2 is 1.25 bits per heavy atom. The van der Waals surface area contributed by atoms with Gasteiger partial charge in [-0.05, 0) is 115 Å². The van der Waals surface area contributed by atoms with Gasteiger partial charge in [0.1, 0.15) is 0 Å². The molecular formula is C53H46S2. The van der Waals surface area contributed by atoms with E-state index in [1.165, 1.54) is 95.7 Å². The average Bonchev–Trinajstić information content (AvgIpc) is 3.83. The standard InChI is InChI=1S/C53H46S2/c1-7-18-37(8-2)30-29-36(6)50-44-23-14-12-21-42(44)49(43-22-13-15-24-45(43)50)35(5)28-27-34(4)38(9-3)31-32-39-33-47-40-19-10-11-20-41(40)51-46-25-16-17-26-48(46)55-53(51)52(47)54-39/h7,10-32H,4-5,8-9,33H2,1-3,6H3/b18-7-,28-27-,36-29+,37-30+,38-31+,39-32+. The predicted molar refractivity (Wildman–Crippen MR) is 248 cm³/mol. The third-order valence-corrected chi connectivity index (χ3v) is 13.4. The molecule has 2 heteroatoms. The van der Waals surface area contributed by atoms with E-state index in [2.05, 4.69) is 187 Å². The summed E-state index contributed by atoms with van der Waals surface area (Å²) < 4.78 is 2.77. The van der Waals surface area contributed by atoms with Crippen molar-refractivity contribution in [2.45, 2.75) is 51.9 Å². The highest BCUT2D eigenvalue weighted by Crippen LogP contribution is 2.52. The topological polar surface area (TPSA) is 0 Å². The van der Waals surface area contributed by atoms with Crippen LogP contribution in [0.15, 0.2) is 185 Å². The van der Waals surface area contributed by atoms with Gasteiger partial charge < -0.3 is 0 Å². The number of fused-ring (bicyclic) bond motifs is 10. The van der Waals surface area contributed by atoms with Crippen LogP contribution in [0.25, 0.3) is 63.6 Å². The fourth-order valence-corrected chi connectivity index (χ4v) is 10.7. The second kappa shape index (κ2) is 15.7. The highest BCUT2D eigenvalue weighted by Gasteiger charge is 2.25. The SMILES string of the molecule is C=C(/C=C\C(=C)c1c2ccccc2c(/C(C)=C/C=C(/C=C\C)CC)c2ccccc12)/C(=C/C=C1\Cc2c(c3sc4ccccc4c3c3ccccc23)S1)CC. The van der Waals surface area contributed by atoms with E-state index < -0.39 is 0 Å². The van der Waals surface area contributed by atoms with E-state index in [4.69, 9.17) is 0 Å². The zero-order valence-corrected chi connectivity index (χ0v) is 33.8. The maximum absolute atomic E-state index is 4.65. The smallest absolute Gasteiger partial charge is 0.0504 e. The van der Waals surface area contributed by atoms with Crippen LogP contribution in [-0.4, -0.2) is 0 Å². The van der Waals surface area contributed by atoms with Gasteiger partial charge in [-0.25, -0.2) is 0 Å². The van der Waals surface area contributed by atoms with Gasteiger partial charge in [-0.2, -0.15) is 0 Å². The molecule has 2 heterocycles. The molecule has 8 rings (SSSR count). The molecule has 0 atom stereocenters. The second-order valence-corrected chi connectivity index (χ2v) is 16.5. The molecule has 0 radical (unpaired) electrons. The minimum atomic E-state index is 0.898. The zero-order chi connectivity index (χ0) is 38.1. The highest BCUT2D eigenvalue weighted by molar-refractivity contribution is 8.03. The van der Waals surface area contributed by atoms with Crippen molar-refractivity contribution in [1.82, 2.24) is 0 Å². The van der Waals surface area contributed by atoms with Crippen LogP contribution in [0.1, 0.15) is 57.2 Å². The lowest BCUT2D eigenvalue weighted by molar-refractivity contribution is 1.13. The minimum Gasteiger partial charge on any atom is -0.134 e. The molecule has 0 fully saturated rings. The molecule has 1 aromatic heterocycles. The maximum Gasteiger partial charge on any atom is 0.0504 e. The molecule has 7 aromatic rings. The van der Waals surface area contributed by atoms with Crippen molar-refractivity contribution >= 4 is 86.7 Å². The average molecular weight is 747 g/mol. The normalized spacial score (nSPS) is 14.9. The first-order valence-corrected chi connectivity index (χ1v) is 21.0. The van der Waals surface area contributed by atoms with Crippen molar-refractivity contribution in [3.63, 3.8) is 0 Å². The van der Waals surface area contributed by atoms with Crippen LogP contribution in [0.3, 0.4) is 0 Å². The van der Waals surface area contributed by atoms with Crippen LogP contribution in [0.2, 0.25) is 0 Å². The summed E-state index contributed by atoms with van der Waals surface area (Å²) in [5.74, 6) is 0. The number of thiophene rings is 1. The Hall–Kier alpha value is -5.41. The van der Waals surface area contributed by atoms with Gasteiger partial charge in [0.25, 0.3) is 0 Å². The third-order valence-electron chi connectivity index (χ3n) is 10.9. The second-order valence-electron chi connectivity index (χ2n) is 14.3. The molecule has 270 valence electrons. The van der Waals surface area contributed by atoms with Gasteiger partial charge >= 0.3 is 0 Å². The Morgan fingerprint density at radius 1 is 0.655 bits per heavy atom. The first-order valence-electron chi connectivity index (χ1n) is 19.3. The van der Waals surface area contributed by atoms with Crippen LogP contribution in [0.5, 0.6) is 0 Å². The van der Waals surface area contributed by atoms with Crippen molar-refractivity contribution in [3.05, 3.63) is 197 Å². The first-order chi connectivity index (χ1) is 26.9. The van der Waals surface area contributed by atoms with E-state index in [0.29, 0.717) is 0 Å². The number of allylic oxidation sites excluding steroid dienone is 14. The lowest BCUT2D eigenvalue weighted by Gasteiger charge is -2.18. The molecule has 0 spiro atoms. The number of rotatable bonds is 10. The summed E-state index contributed by atoms with van der Waals surface area (Å²) in [5, 5.41) is 10.4. The molecule has 1 aliphatic heterocycles. The van der Waals surface area contributed by atoms with Crippen LogP contribution >= 0.6 is 23.1 Å². The molecular weight excluding hydrogens is 701 g/mol. The molecule has 1 aliphatic rings. The zero-order valence-electron chi connectivity index (χ0n) is 32.2. The van der Waals surface area contributed by atoms with Crippen molar-refractivity contribution < 1.29 is 0 Å². The van der Waals surface area contributed by atoms with Crippen molar-refractivity contribution in [1.29, 1.82) is 0 Å². The van der Waals surface area contributed by atoms with Gasteiger partial charge in [-0.15, -0.1) is 11.3 Å². The fourth-order valence-electron chi connectivity index (χ4n) is 8.17. The Kier molecular flexibility index (Phi) is 10.5. The molecule has 0 saturated carbocycles. The van der Waals surface area contributed by atoms with E-state index in [-0.39, 0.29) is 0 Å². The summed E-state index contributed by atoms with van der Waals surface area (Å²) >= 11 is 3.87. The Balaban J connectivity index is 1.11. The molecule has 6 aromatic carbocycles. The summed E-state index contributed by atoms with van der Waals surface area (Å²) in [4.78, 5) is 2.80. The fraction of sp³-hybridized carbons (Fsp3) is 0.132. The van der Waals surface area contributed by atoms with Crippen LogP contribution in [-0.2, 0) is 6.42 Å². The van der Waals surface area contributed by atoms with E-state index in [9.17, 15) is 0 Å². The number of thioether (sulfide) groups is 1. The lowest BCUT2D eigenvalue weighted by Crippen LogP contribution is -1.94. The van der Waals surface area contributed by atoms with Gasteiger partial charge in [-0.3, -0.25) is 0 Å². The molecule has 0 aliphatic carbocycles. The Bertz CT molecular complexity index is 2820. The molecule has 55 heavy (non-hydrogen) atoms. The van der Waals surface area contributed by atoms with E-state index in [0.717, 1.165) is 30.4 Å². The summed E-state index contributed by atoms with van der Waals surface area (Å²) in [5.41, 5.74) is 9.71. The molecule has 0 unspecified atom stereocenters. The van der Waals surface area contributed by atoms with Gasteiger partial charge in [-0.1, -0.05) is 178 Å². The van der Waals surface area contributed by atoms with Gasteiger partial charge in [0.05, 0.1) is 4.70 Å². The quantitative estimate of drug-likeness (QED) is 0.0992. The van der Waals surface area contributed by atoms with Crippen LogP contribution in [0, 0.1) is 0 Å². The summed E-state index contributed by atoms with van der Waals surface area (Å²) in [6, 6.07) is 35.4. The molecule has 0 N–H and O–H groups in total. The maximum atomic E-state index is 4.65. The van der Waals surface area contributed by atoms with Crippen molar-refractivity contribution in [2.75, 3.05) is 0 Å². The van der Waals surface area contributed by atoms with Gasteiger partial charge in [0, 0.05) is 26.8 Å². The van der Waals surface area contributed by atoms with E-state index >= 15 is 0 Å². The summed E-state index contributed by atoms with van der Waals surface area (Å²) in [7, 11) is 0. The van der Waals surface area contributed by atoms with E-state index in [1.807, 2.05) is 23.1 Å². The van der Waals surface area contributed by atoms with Crippen LogP contribution in [0.4, 0.5) is 0 Å². The lowest BCUT2D eigenvalue weighted by atomic mass is 9.86. The minimum absolute atomic E-state index is 0.898. The van der Waals surface area contributed by atoms with Crippen molar-refractivity contribution in [2.24, 2.45) is 0 Å². The molecule has 0 bridgehead atoms. The van der Waals surface area contributed by atoms with Gasteiger partial charge in [0.2, 0.25) is 0 Å². The Labute approximate surface area is 334 Å². The van der Waals surface area contributed by atoms with Crippen LogP contribution < -0.4 is 0 Å². The third kappa shape index (κ3) is 6.79. The monoisotopic (exact) mass is 746 g/mol. The molecule has 0 saturated heterocycles. The number of benzene rings is 6. The Morgan fingerprint density at radius 3 is 1.89 bits per heavy atom. The summed E-state index contributed by atoms with van der Waals surface area (Å²) in [6.45, 7) is 17.9. The molecule has 0 amide bonds. The highest BCUT2D eigenvalue weighted by atomic mass is 32.2. The number of hydrogen-bond donors (Lipinski definition) is 0. The largest absolute Gasteiger partial charge is 0.134 e. The van der Waals surface area contributed by atoms with Crippen molar-refractivity contribution in [3.8, 4) is 0 Å².